The van der Waals surface area contributed by atoms with E-state index in [0.717, 1.165) is 17.7 Å². The maximum absolute atomic E-state index is 10.9. The van der Waals surface area contributed by atoms with Gasteiger partial charge in [-0.3, -0.25) is 0 Å². The Morgan fingerprint density at radius 2 is 1.91 bits per heavy atom. The van der Waals surface area contributed by atoms with E-state index in [-0.39, 0.29) is 10.8 Å². The summed E-state index contributed by atoms with van der Waals surface area (Å²) in [6, 6.07) is 13.8. The van der Waals surface area contributed by atoms with E-state index >= 15 is 0 Å². The number of nitrogens with zero attached hydrogens (tertiary/aromatic N) is 2. The summed E-state index contributed by atoms with van der Waals surface area (Å²) in [6.07, 6.45) is 1.54. The highest BCUT2D eigenvalue weighted by molar-refractivity contribution is 6.33. The van der Waals surface area contributed by atoms with Gasteiger partial charge in [-0.15, -0.1) is 0 Å². The Balaban J connectivity index is 1.72. The SMILES string of the molecule is CCCc1nc(Oc2ccc(Cl)cc2)ccc1-c1onc2cc(Cl)c(OCC(=O)O)cc12. The van der Waals surface area contributed by atoms with Gasteiger partial charge < -0.3 is 19.1 Å². The Morgan fingerprint density at radius 1 is 1.12 bits per heavy atom. The normalized spacial score (nSPS) is 11.0. The van der Waals surface area contributed by atoms with Gasteiger partial charge in [0.25, 0.3) is 0 Å². The van der Waals surface area contributed by atoms with Crippen molar-refractivity contribution in [1.29, 1.82) is 0 Å². The number of hydrogen-bond acceptors (Lipinski definition) is 6. The van der Waals surface area contributed by atoms with Gasteiger partial charge in [0, 0.05) is 16.7 Å². The van der Waals surface area contributed by atoms with Crippen molar-refractivity contribution >= 4 is 40.1 Å². The third-order valence-corrected chi connectivity index (χ3v) is 5.14. The van der Waals surface area contributed by atoms with Gasteiger partial charge in [-0.2, -0.15) is 0 Å². The van der Waals surface area contributed by atoms with Gasteiger partial charge in [-0.05, 0) is 48.9 Å². The molecule has 0 spiro atoms. The van der Waals surface area contributed by atoms with E-state index in [2.05, 4.69) is 10.1 Å². The number of carboxylic acids is 1. The number of aliphatic carboxylic acids is 1. The molecule has 2 heterocycles. The van der Waals surface area contributed by atoms with Crippen molar-refractivity contribution in [2.24, 2.45) is 0 Å². The lowest BCUT2D eigenvalue weighted by Crippen LogP contribution is -2.09. The van der Waals surface area contributed by atoms with Crippen molar-refractivity contribution < 1.29 is 23.9 Å². The van der Waals surface area contributed by atoms with Crippen molar-refractivity contribution in [2.75, 3.05) is 6.61 Å². The number of carbonyl (C=O) groups is 1. The van der Waals surface area contributed by atoms with Crippen LogP contribution in [0.15, 0.2) is 53.1 Å². The van der Waals surface area contributed by atoms with E-state index in [1.165, 1.54) is 0 Å². The molecule has 7 nitrogen and oxygen atoms in total. The van der Waals surface area contributed by atoms with Crippen LogP contribution >= 0.6 is 23.2 Å². The highest BCUT2D eigenvalue weighted by Gasteiger charge is 2.19. The van der Waals surface area contributed by atoms with Gasteiger partial charge in [0.1, 0.15) is 17.0 Å². The largest absolute Gasteiger partial charge is 0.480 e. The second-order valence-electron chi connectivity index (χ2n) is 6.94. The third-order valence-electron chi connectivity index (χ3n) is 4.60. The standard InChI is InChI=1S/C23H18Cl2N2O5/c1-2-3-18-15(8-9-21(26-18)31-14-6-4-13(24)5-7-14)23-16-10-20(30-12-22(28)29)17(25)11-19(16)27-32-23/h4-11H,2-3,12H2,1H3,(H,28,29). The average Bonchev–Trinajstić information content (AvgIpc) is 3.16. The van der Waals surface area contributed by atoms with Gasteiger partial charge in [-0.1, -0.05) is 41.7 Å². The number of ether oxygens (including phenoxy) is 2. The summed E-state index contributed by atoms with van der Waals surface area (Å²) in [5.74, 6) is 0.691. The summed E-state index contributed by atoms with van der Waals surface area (Å²) in [5, 5.41) is 14.5. The third kappa shape index (κ3) is 4.79. The fraction of sp³-hybridized carbons (Fsp3) is 0.174. The van der Waals surface area contributed by atoms with Crippen LogP contribution in [0.4, 0.5) is 0 Å². The summed E-state index contributed by atoms with van der Waals surface area (Å²) >= 11 is 12.1. The van der Waals surface area contributed by atoms with Crippen LogP contribution in [0.25, 0.3) is 22.2 Å². The highest BCUT2D eigenvalue weighted by atomic mass is 35.5. The van der Waals surface area contributed by atoms with Crippen molar-refractivity contribution in [3.63, 3.8) is 0 Å². The lowest BCUT2D eigenvalue weighted by molar-refractivity contribution is -0.139. The molecule has 0 unspecified atom stereocenters. The van der Waals surface area contributed by atoms with E-state index in [9.17, 15) is 4.79 Å². The summed E-state index contributed by atoms with van der Waals surface area (Å²) in [6.45, 7) is 1.54. The Kier molecular flexibility index (Phi) is 6.48. The number of hydrogen-bond donors (Lipinski definition) is 1. The van der Waals surface area contributed by atoms with E-state index in [1.54, 1.807) is 42.5 Å². The Labute approximate surface area is 193 Å². The van der Waals surface area contributed by atoms with Crippen molar-refractivity contribution in [3.8, 4) is 28.7 Å². The molecule has 2 aromatic heterocycles. The van der Waals surface area contributed by atoms with Crippen LogP contribution in [0.5, 0.6) is 17.4 Å². The second kappa shape index (κ2) is 9.46. The smallest absolute Gasteiger partial charge is 0.341 e. The summed E-state index contributed by atoms with van der Waals surface area (Å²) in [7, 11) is 0. The maximum atomic E-state index is 10.9. The Morgan fingerprint density at radius 3 is 2.62 bits per heavy atom. The molecular formula is C23H18Cl2N2O5. The van der Waals surface area contributed by atoms with Crippen LogP contribution in [0.2, 0.25) is 10.0 Å². The van der Waals surface area contributed by atoms with E-state index < -0.39 is 12.6 Å². The molecular weight excluding hydrogens is 455 g/mol. The zero-order valence-corrected chi connectivity index (χ0v) is 18.5. The van der Waals surface area contributed by atoms with Crippen LogP contribution in [0, 0.1) is 0 Å². The molecule has 32 heavy (non-hydrogen) atoms. The number of benzene rings is 2. The first-order valence-electron chi connectivity index (χ1n) is 9.82. The van der Waals surface area contributed by atoms with Crippen LogP contribution in [-0.2, 0) is 11.2 Å². The van der Waals surface area contributed by atoms with Gasteiger partial charge in [0.2, 0.25) is 5.88 Å². The maximum Gasteiger partial charge on any atom is 0.341 e. The van der Waals surface area contributed by atoms with Crippen LogP contribution in [0.1, 0.15) is 19.0 Å². The van der Waals surface area contributed by atoms with Crippen molar-refractivity contribution in [3.05, 3.63) is 64.3 Å². The summed E-state index contributed by atoms with van der Waals surface area (Å²) in [5.41, 5.74) is 2.06. The lowest BCUT2D eigenvalue weighted by Gasteiger charge is -2.10. The van der Waals surface area contributed by atoms with Gasteiger partial charge in [-0.25, -0.2) is 9.78 Å². The monoisotopic (exact) mass is 472 g/mol. The number of carboxylic acid groups (broad SMARTS) is 1. The van der Waals surface area contributed by atoms with Crippen LogP contribution in [-0.4, -0.2) is 27.8 Å². The number of aromatic nitrogens is 2. The van der Waals surface area contributed by atoms with E-state index in [1.807, 2.05) is 13.0 Å². The zero-order chi connectivity index (χ0) is 22.7. The molecule has 2 aromatic carbocycles. The van der Waals surface area contributed by atoms with Crippen LogP contribution < -0.4 is 9.47 Å². The number of pyridine rings is 1. The zero-order valence-electron chi connectivity index (χ0n) is 17.0. The van der Waals surface area contributed by atoms with Gasteiger partial charge in [0.15, 0.2) is 12.4 Å². The molecule has 0 radical (unpaired) electrons. The minimum absolute atomic E-state index is 0.235. The molecule has 0 aliphatic rings. The molecule has 0 amide bonds. The molecule has 0 bridgehead atoms. The number of halogens is 2. The molecule has 0 saturated carbocycles. The molecule has 1 N–H and O–H groups in total. The summed E-state index contributed by atoms with van der Waals surface area (Å²) in [4.78, 5) is 15.5. The molecule has 4 aromatic rings. The summed E-state index contributed by atoms with van der Waals surface area (Å²) < 4.78 is 16.8. The average molecular weight is 473 g/mol. The Hall–Kier alpha value is -3.29. The molecule has 0 aliphatic heterocycles. The molecule has 0 aliphatic carbocycles. The first-order valence-corrected chi connectivity index (χ1v) is 10.6. The molecule has 164 valence electrons. The van der Waals surface area contributed by atoms with Gasteiger partial charge in [0.05, 0.1) is 16.1 Å². The molecule has 9 heteroatoms. The number of fused-ring (bicyclic) bond motifs is 1. The van der Waals surface area contributed by atoms with Crippen molar-refractivity contribution in [1.82, 2.24) is 10.1 Å². The van der Waals surface area contributed by atoms with Gasteiger partial charge >= 0.3 is 5.97 Å². The minimum atomic E-state index is -1.10. The molecule has 4 rings (SSSR count). The number of aryl methyl sites for hydroxylation is 1. The minimum Gasteiger partial charge on any atom is -0.480 e. The fourth-order valence-electron chi connectivity index (χ4n) is 3.18. The quantitative estimate of drug-likeness (QED) is 0.316. The first kappa shape index (κ1) is 21.9. The van der Waals surface area contributed by atoms with E-state index in [0.29, 0.717) is 39.7 Å². The first-order chi connectivity index (χ1) is 15.4. The molecule has 0 atom stereocenters. The molecule has 0 saturated heterocycles. The fourth-order valence-corrected chi connectivity index (χ4v) is 3.52. The number of rotatable bonds is 8. The predicted octanol–water partition coefficient (Wildman–Crippen LogP) is 6.40. The lowest BCUT2D eigenvalue weighted by atomic mass is 10.0. The van der Waals surface area contributed by atoms with Crippen molar-refractivity contribution in [2.45, 2.75) is 19.8 Å². The predicted molar refractivity (Wildman–Crippen MR) is 121 cm³/mol. The topological polar surface area (TPSA) is 94.7 Å². The van der Waals surface area contributed by atoms with E-state index in [4.69, 9.17) is 42.3 Å². The highest BCUT2D eigenvalue weighted by Crippen LogP contribution is 2.37. The molecule has 0 fully saturated rings. The Bertz CT molecular complexity index is 1270. The van der Waals surface area contributed by atoms with Crippen LogP contribution in [0.3, 0.4) is 0 Å². The second-order valence-corrected chi connectivity index (χ2v) is 7.79.